The largest absolute Gasteiger partial charge is 0.465 e. The van der Waals surface area contributed by atoms with Crippen LogP contribution in [0.25, 0.3) is 0 Å². The van der Waals surface area contributed by atoms with E-state index < -0.39 is 23.0 Å². The normalized spacial score (nSPS) is 17.8. The zero-order valence-corrected chi connectivity index (χ0v) is 12.7. The van der Waals surface area contributed by atoms with Crippen LogP contribution < -0.4 is 0 Å². The second kappa shape index (κ2) is 7.07. The Kier molecular flexibility index (Phi) is 5.99. The third-order valence-electron chi connectivity index (χ3n) is 4.10. The highest BCUT2D eigenvalue weighted by atomic mass is 16.6. The van der Waals surface area contributed by atoms with Crippen LogP contribution in [0, 0.1) is 5.41 Å². The van der Waals surface area contributed by atoms with Crippen LogP contribution in [0.4, 0.5) is 0 Å². The van der Waals surface area contributed by atoms with Crippen molar-refractivity contribution in [3.63, 3.8) is 0 Å². The Morgan fingerprint density at radius 2 is 1.50 bits per heavy atom. The topological polar surface area (TPSA) is 72.8 Å². The Bertz CT molecular complexity index is 326. The molecule has 0 aliphatic heterocycles. The summed E-state index contributed by atoms with van der Waals surface area (Å²) in [6, 6.07) is 0. The van der Waals surface area contributed by atoms with Crippen molar-refractivity contribution in [2.75, 3.05) is 13.2 Å². The summed E-state index contributed by atoms with van der Waals surface area (Å²) >= 11 is 0. The van der Waals surface area contributed by atoms with Crippen LogP contribution in [0.15, 0.2) is 0 Å². The second-order valence-corrected chi connectivity index (χ2v) is 5.48. The van der Waals surface area contributed by atoms with Gasteiger partial charge in [0, 0.05) is 6.42 Å². The summed E-state index contributed by atoms with van der Waals surface area (Å²) in [4.78, 5) is 24.6. The summed E-state index contributed by atoms with van der Waals surface area (Å²) in [5.74, 6) is -1.16. The van der Waals surface area contributed by atoms with Gasteiger partial charge in [0.25, 0.3) is 0 Å². The Hall–Kier alpha value is -1.10. The lowest BCUT2D eigenvalue weighted by Gasteiger charge is -2.34. The first-order chi connectivity index (χ1) is 9.44. The first kappa shape index (κ1) is 17.0. The van der Waals surface area contributed by atoms with Crippen molar-refractivity contribution in [2.24, 2.45) is 5.41 Å². The zero-order valence-electron chi connectivity index (χ0n) is 12.7. The van der Waals surface area contributed by atoms with Gasteiger partial charge >= 0.3 is 11.9 Å². The molecule has 20 heavy (non-hydrogen) atoms. The first-order valence-electron chi connectivity index (χ1n) is 7.51. The smallest absolute Gasteiger partial charge is 0.323 e. The quantitative estimate of drug-likeness (QED) is 0.574. The van der Waals surface area contributed by atoms with E-state index >= 15 is 0 Å². The van der Waals surface area contributed by atoms with Gasteiger partial charge in [0.15, 0.2) is 5.41 Å². The number of hydrogen-bond acceptors (Lipinski definition) is 5. The number of carbonyl (C=O) groups is 2. The maximum atomic E-state index is 12.3. The van der Waals surface area contributed by atoms with E-state index in [1.54, 1.807) is 20.8 Å². The molecule has 0 unspecified atom stereocenters. The third-order valence-corrected chi connectivity index (χ3v) is 4.10. The lowest BCUT2D eigenvalue weighted by atomic mass is 9.74. The van der Waals surface area contributed by atoms with Crippen molar-refractivity contribution in [2.45, 2.75) is 64.9 Å². The Morgan fingerprint density at radius 3 is 1.85 bits per heavy atom. The molecule has 1 aliphatic rings. The van der Waals surface area contributed by atoms with E-state index in [4.69, 9.17) is 9.47 Å². The molecule has 0 aromatic heterocycles. The van der Waals surface area contributed by atoms with E-state index in [1.165, 1.54) is 0 Å². The minimum atomic E-state index is -1.38. The number of esters is 2. The molecule has 0 aromatic carbocycles. The lowest BCUT2D eigenvalue weighted by molar-refractivity contribution is -0.177. The van der Waals surface area contributed by atoms with Crippen molar-refractivity contribution < 1.29 is 24.2 Å². The molecule has 0 amide bonds. The molecule has 1 fully saturated rings. The molecule has 0 aromatic rings. The van der Waals surface area contributed by atoms with Gasteiger partial charge in [-0.25, -0.2) is 0 Å². The maximum absolute atomic E-state index is 12.3. The molecular formula is C15H26O5. The van der Waals surface area contributed by atoms with Crippen molar-refractivity contribution in [1.29, 1.82) is 0 Å². The number of hydrogen-bond donors (Lipinski definition) is 1. The molecule has 0 heterocycles. The predicted molar refractivity (Wildman–Crippen MR) is 74.0 cm³/mol. The molecule has 0 spiro atoms. The van der Waals surface area contributed by atoms with Crippen LogP contribution in [-0.4, -0.2) is 35.9 Å². The molecular weight excluding hydrogens is 260 g/mol. The summed E-state index contributed by atoms with van der Waals surface area (Å²) in [5, 5.41) is 10.6. The summed E-state index contributed by atoms with van der Waals surface area (Å²) < 4.78 is 10.1. The molecule has 0 saturated heterocycles. The van der Waals surface area contributed by atoms with E-state index in [0.29, 0.717) is 12.8 Å². The van der Waals surface area contributed by atoms with Crippen LogP contribution in [0.1, 0.15) is 59.3 Å². The number of aliphatic hydroxyl groups is 1. The van der Waals surface area contributed by atoms with Gasteiger partial charge in [0.1, 0.15) is 0 Å². The molecule has 1 rings (SSSR count). The van der Waals surface area contributed by atoms with Gasteiger partial charge in [-0.15, -0.1) is 0 Å². The number of ether oxygens (including phenoxy) is 2. The molecule has 0 atom stereocenters. The van der Waals surface area contributed by atoms with Gasteiger partial charge in [-0.1, -0.05) is 19.8 Å². The number of carbonyl (C=O) groups excluding carboxylic acids is 2. The maximum Gasteiger partial charge on any atom is 0.323 e. The molecule has 5 heteroatoms. The van der Waals surface area contributed by atoms with Gasteiger partial charge in [-0.05, 0) is 33.1 Å². The Balaban J connectivity index is 3.03. The second-order valence-electron chi connectivity index (χ2n) is 5.48. The van der Waals surface area contributed by atoms with E-state index in [9.17, 15) is 14.7 Å². The molecule has 1 aliphatic carbocycles. The lowest BCUT2D eigenvalue weighted by Crippen LogP contribution is -2.47. The summed E-state index contributed by atoms with van der Waals surface area (Å²) in [6.45, 7) is 5.57. The van der Waals surface area contributed by atoms with Gasteiger partial charge in [0.2, 0.25) is 0 Å². The summed E-state index contributed by atoms with van der Waals surface area (Å²) in [5.41, 5.74) is -2.35. The van der Waals surface area contributed by atoms with E-state index in [1.807, 2.05) is 0 Å². The van der Waals surface area contributed by atoms with Gasteiger partial charge in [-0.3, -0.25) is 9.59 Å². The SMILES string of the molecule is CCOC(=O)C(CC)(CC1(O)CCCC1)C(=O)OCC. The van der Waals surface area contributed by atoms with E-state index in [2.05, 4.69) is 0 Å². The van der Waals surface area contributed by atoms with Crippen molar-refractivity contribution in [3.8, 4) is 0 Å². The van der Waals surface area contributed by atoms with Crippen LogP contribution in [0.3, 0.4) is 0 Å². The minimum Gasteiger partial charge on any atom is -0.465 e. The Labute approximate surface area is 120 Å². The van der Waals surface area contributed by atoms with Crippen LogP contribution in [0.2, 0.25) is 0 Å². The third kappa shape index (κ3) is 3.51. The molecule has 0 radical (unpaired) electrons. The highest BCUT2D eigenvalue weighted by Gasteiger charge is 2.52. The van der Waals surface area contributed by atoms with Crippen molar-refractivity contribution >= 4 is 11.9 Å². The summed E-state index contributed by atoms with van der Waals surface area (Å²) in [7, 11) is 0. The van der Waals surface area contributed by atoms with Crippen molar-refractivity contribution in [3.05, 3.63) is 0 Å². The number of rotatable bonds is 7. The molecule has 5 nitrogen and oxygen atoms in total. The van der Waals surface area contributed by atoms with Crippen molar-refractivity contribution in [1.82, 2.24) is 0 Å². The highest BCUT2D eigenvalue weighted by Crippen LogP contribution is 2.42. The zero-order chi connectivity index (χ0) is 15.2. The van der Waals surface area contributed by atoms with E-state index in [-0.39, 0.29) is 26.1 Å². The standard InChI is InChI=1S/C15H26O5/c1-4-15(12(16)19-5-2,13(17)20-6-3)11-14(18)9-7-8-10-14/h18H,4-11H2,1-3H3. The first-order valence-corrected chi connectivity index (χ1v) is 7.51. The van der Waals surface area contributed by atoms with Crippen LogP contribution in [0.5, 0.6) is 0 Å². The molecule has 116 valence electrons. The fraction of sp³-hybridized carbons (Fsp3) is 0.867. The highest BCUT2D eigenvalue weighted by molar-refractivity contribution is 6.00. The fourth-order valence-corrected chi connectivity index (χ4v) is 2.95. The monoisotopic (exact) mass is 286 g/mol. The summed E-state index contributed by atoms with van der Waals surface area (Å²) in [6.07, 6.45) is 3.44. The van der Waals surface area contributed by atoms with Crippen LogP contribution >= 0.6 is 0 Å². The fourth-order valence-electron chi connectivity index (χ4n) is 2.95. The van der Waals surface area contributed by atoms with Crippen LogP contribution in [-0.2, 0) is 19.1 Å². The molecule has 1 N–H and O–H groups in total. The molecule has 1 saturated carbocycles. The average Bonchev–Trinajstić information content (AvgIpc) is 2.83. The van der Waals surface area contributed by atoms with Gasteiger partial charge in [-0.2, -0.15) is 0 Å². The van der Waals surface area contributed by atoms with Gasteiger partial charge < -0.3 is 14.6 Å². The molecule has 0 bridgehead atoms. The Morgan fingerprint density at radius 1 is 1.05 bits per heavy atom. The predicted octanol–water partition coefficient (Wildman–Crippen LogP) is 2.20. The van der Waals surface area contributed by atoms with Gasteiger partial charge in [0.05, 0.1) is 18.8 Å². The minimum absolute atomic E-state index is 0.0914. The average molecular weight is 286 g/mol. The van der Waals surface area contributed by atoms with E-state index in [0.717, 1.165) is 12.8 Å².